The van der Waals surface area contributed by atoms with E-state index in [4.69, 9.17) is 13.8 Å². The Morgan fingerprint density at radius 1 is 1.21 bits per heavy atom. The third-order valence-electron chi connectivity index (χ3n) is 4.21. The number of methoxy groups -OCH3 is 1. The van der Waals surface area contributed by atoms with Crippen molar-refractivity contribution in [3.63, 3.8) is 0 Å². The third kappa shape index (κ3) is 3.85. The molecule has 2 unspecified atom stereocenters. The van der Waals surface area contributed by atoms with E-state index in [2.05, 4.69) is 39.6 Å². The van der Waals surface area contributed by atoms with Crippen LogP contribution in [0.25, 0.3) is 0 Å². The minimum Gasteiger partial charge on any atom is -0.497 e. The SMILES string of the molecule is CCOP1(=O)OC(c2ccc(OC)cc2)C(C)(C)C=C1[Si](C)(C)C. The van der Waals surface area contributed by atoms with Gasteiger partial charge in [0, 0.05) is 10.4 Å². The van der Waals surface area contributed by atoms with E-state index in [-0.39, 0.29) is 11.5 Å². The Bertz CT molecular complexity index is 659. The summed E-state index contributed by atoms with van der Waals surface area (Å²) >= 11 is 0. The van der Waals surface area contributed by atoms with Crippen LogP contribution in [0.4, 0.5) is 0 Å². The number of ether oxygens (including phenoxy) is 1. The van der Waals surface area contributed by atoms with E-state index in [1.54, 1.807) is 7.11 Å². The highest BCUT2D eigenvalue weighted by Crippen LogP contribution is 2.67. The lowest BCUT2D eigenvalue weighted by atomic mass is 9.83. The maximum Gasteiger partial charge on any atom is 0.353 e. The fraction of sp³-hybridized carbons (Fsp3) is 0.556. The largest absolute Gasteiger partial charge is 0.497 e. The summed E-state index contributed by atoms with van der Waals surface area (Å²) in [5, 5.41) is 0. The summed E-state index contributed by atoms with van der Waals surface area (Å²) < 4.78 is 30.6. The standard InChI is InChI=1S/C18H29O4PSi/c1-8-21-23(19)16(24(5,6)7)13-18(2,3)17(22-23)14-9-11-15(20-4)12-10-14/h9-13,17H,8H2,1-7H3. The number of hydrogen-bond donors (Lipinski definition) is 0. The van der Waals surface area contributed by atoms with Gasteiger partial charge in [-0.05, 0) is 24.6 Å². The quantitative estimate of drug-likeness (QED) is 0.488. The van der Waals surface area contributed by atoms with Gasteiger partial charge in [-0.25, -0.2) is 0 Å². The van der Waals surface area contributed by atoms with Crippen LogP contribution in [-0.2, 0) is 13.6 Å². The second-order valence-corrected chi connectivity index (χ2v) is 15.2. The molecule has 1 aliphatic heterocycles. The molecule has 0 aliphatic carbocycles. The van der Waals surface area contributed by atoms with E-state index in [1.807, 2.05) is 31.2 Å². The molecule has 0 fully saturated rings. The number of rotatable bonds is 5. The molecule has 6 heteroatoms. The Labute approximate surface area is 146 Å². The molecule has 2 atom stereocenters. The molecular weight excluding hydrogens is 339 g/mol. The summed E-state index contributed by atoms with van der Waals surface area (Å²) in [6.07, 6.45) is 1.83. The van der Waals surface area contributed by atoms with Crippen LogP contribution in [0.2, 0.25) is 19.6 Å². The van der Waals surface area contributed by atoms with Crippen LogP contribution in [0.3, 0.4) is 0 Å². The Morgan fingerprint density at radius 2 is 1.79 bits per heavy atom. The second-order valence-electron chi connectivity index (χ2n) is 7.77. The molecule has 0 aromatic heterocycles. The molecule has 4 nitrogen and oxygen atoms in total. The predicted octanol–water partition coefficient (Wildman–Crippen LogP) is 5.78. The first-order chi connectivity index (χ1) is 11.0. The molecule has 1 aliphatic rings. The van der Waals surface area contributed by atoms with Gasteiger partial charge < -0.3 is 9.26 Å². The van der Waals surface area contributed by atoms with Gasteiger partial charge in [0.1, 0.15) is 11.9 Å². The normalized spacial score (nSPS) is 26.8. The van der Waals surface area contributed by atoms with E-state index in [1.165, 1.54) is 0 Å². The average molecular weight is 368 g/mol. The van der Waals surface area contributed by atoms with E-state index in [0.29, 0.717) is 6.61 Å². The first kappa shape index (κ1) is 19.5. The molecule has 0 spiro atoms. The lowest BCUT2D eigenvalue weighted by molar-refractivity contribution is 0.0761. The van der Waals surface area contributed by atoms with Gasteiger partial charge in [-0.15, -0.1) is 0 Å². The van der Waals surface area contributed by atoms with Crippen molar-refractivity contribution in [1.29, 1.82) is 0 Å². The predicted molar refractivity (Wildman–Crippen MR) is 101 cm³/mol. The molecule has 0 N–H and O–H groups in total. The lowest BCUT2D eigenvalue weighted by Gasteiger charge is -2.43. The summed E-state index contributed by atoms with van der Waals surface area (Å²) in [4.78, 5) is 0.895. The van der Waals surface area contributed by atoms with Crippen molar-refractivity contribution in [3.8, 4) is 5.75 Å². The minimum absolute atomic E-state index is 0.269. The van der Waals surface area contributed by atoms with Crippen molar-refractivity contribution in [3.05, 3.63) is 40.8 Å². The Hall–Kier alpha value is -0.873. The Kier molecular flexibility index (Phi) is 5.51. The zero-order chi connectivity index (χ0) is 18.2. The van der Waals surface area contributed by atoms with Gasteiger partial charge in [-0.2, -0.15) is 0 Å². The first-order valence-electron chi connectivity index (χ1n) is 8.34. The average Bonchev–Trinajstić information content (AvgIpc) is 2.49. The molecule has 0 radical (unpaired) electrons. The van der Waals surface area contributed by atoms with Gasteiger partial charge in [0.25, 0.3) is 0 Å². The van der Waals surface area contributed by atoms with Crippen LogP contribution in [0.1, 0.15) is 32.4 Å². The highest BCUT2D eigenvalue weighted by molar-refractivity contribution is 7.62. The second kappa shape index (κ2) is 6.79. The number of hydrogen-bond acceptors (Lipinski definition) is 4. The lowest BCUT2D eigenvalue weighted by Crippen LogP contribution is -2.34. The number of benzene rings is 1. The van der Waals surface area contributed by atoms with Crippen LogP contribution in [-0.4, -0.2) is 21.8 Å². The zero-order valence-electron chi connectivity index (χ0n) is 15.8. The maximum atomic E-state index is 13.5. The summed E-state index contributed by atoms with van der Waals surface area (Å²) in [6.45, 7) is 13.0. The van der Waals surface area contributed by atoms with Gasteiger partial charge in [-0.3, -0.25) is 9.09 Å². The smallest absolute Gasteiger partial charge is 0.353 e. The molecule has 0 saturated carbocycles. The highest BCUT2D eigenvalue weighted by atomic mass is 31.2. The van der Waals surface area contributed by atoms with Crippen molar-refractivity contribution in [2.24, 2.45) is 5.41 Å². The van der Waals surface area contributed by atoms with Gasteiger partial charge in [-0.1, -0.05) is 51.7 Å². The molecular formula is C18H29O4PSi. The molecule has 0 bridgehead atoms. The maximum absolute atomic E-state index is 13.5. The Balaban J connectivity index is 2.52. The van der Waals surface area contributed by atoms with E-state index in [0.717, 1.165) is 16.3 Å². The van der Waals surface area contributed by atoms with Crippen LogP contribution in [0.5, 0.6) is 5.75 Å². The molecule has 24 heavy (non-hydrogen) atoms. The minimum atomic E-state index is -3.27. The molecule has 1 aromatic rings. The third-order valence-corrected chi connectivity index (χ3v) is 10.5. The highest BCUT2D eigenvalue weighted by Gasteiger charge is 2.49. The van der Waals surface area contributed by atoms with E-state index < -0.39 is 15.7 Å². The van der Waals surface area contributed by atoms with E-state index >= 15 is 0 Å². The molecule has 2 rings (SSSR count). The Morgan fingerprint density at radius 3 is 2.25 bits per heavy atom. The monoisotopic (exact) mass is 368 g/mol. The summed E-state index contributed by atoms with van der Waals surface area (Å²) in [5.41, 5.74) is 0.710. The fourth-order valence-corrected chi connectivity index (χ4v) is 9.26. The molecule has 0 saturated heterocycles. The van der Waals surface area contributed by atoms with Crippen molar-refractivity contribution in [1.82, 2.24) is 0 Å². The van der Waals surface area contributed by atoms with Crippen molar-refractivity contribution >= 4 is 15.7 Å². The molecule has 1 heterocycles. The molecule has 1 aromatic carbocycles. The fourth-order valence-electron chi connectivity index (χ4n) is 3.00. The van der Waals surface area contributed by atoms with Gasteiger partial charge in [0.05, 0.1) is 21.8 Å². The first-order valence-corrected chi connectivity index (χ1v) is 13.4. The summed E-state index contributed by atoms with van der Waals surface area (Å²) in [6, 6.07) is 7.74. The summed E-state index contributed by atoms with van der Waals surface area (Å²) in [7, 11) is -3.47. The zero-order valence-corrected chi connectivity index (χ0v) is 17.6. The molecule has 134 valence electrons. The van der Waals surface area contributed by atoms with Gasteiger partial charge in [0.2, 0.25) is 0 Å². The van der Waals surface area contributed by atoms with E-state index in [9.17, 15) is 4.57 Å². The van der Waals surface area contributed by atoms with Crippen LogP contribution in [0, 0.1) is 5.41 Å². The van der Waals surface area contributed by atoms with Crippen LogP contribution >= 0.6 is 7.60 Å². The van der Waals surface area contributed by atoms with Crippen molar-refractivity contribution in [2.75, 3.05) is 13.7 Å². The van der Waals surface area contributed by atoms with Gasteiger partial charge in [0.15, 0.2) is 0 Å². The molecule has 0 amide bonds. The summed E-state index contributed by atoms with van der Waals surface area (Å²) in [5.74, 6) is 0.790. The topological polar surface area (TPSA) is 44.8 Å². The van der Waals surface area contributed by atoms with Gasteiger partial charge >= 0.3 is 7.60 Å². The van der Waals surface area contributed by atoms with Crippen molar-refractivity contribution in [2.45, 2.75) is 46.5 Å². The van der Waals surface area contributed by atoms with Crippen LogP contribution < -0.4 is 4.74 Å². The van der Waals surface area contributed by atoms with Crippen molar-refractivity contribution < 1.29 is 18.3 Å². The van der Waals surface area contributed by atoms with Crippen LogP contribution in [0.15, 0.2) is 35.3 Å².